The molecule has 1 amide bonds. The van der Waals surface area contributed by atoms with E-state index in [4.69, 9.17) is 4.74 Å². The van der Waals surface area contributed by atoms with Crippen LogP contribution in [0.4, 0.5) is 0 Å². The highest BCUT2D eigenvalue weighted by molar-refractivity contribution is 5.87. The second-order valence-electron chi connectivity index (χ2n) is 4.38. The van der Waals surface area contributed by atoms with Crippen molar-refractivity contribution in [2.75, 3.05) is 39.4 Å². The number of allylic oxidation sites excluding steroid dienone is 2. The lowest BCUT2D eigenvalue weighted by Crippen LogP contribution is -2.39. The van der Waals surface area contributed by atoms with Crippen molar-refractivity contribution in [3.8, 4) is 0 Å². The SMILES string of the molecule is O=C(/C=C/C=C/N1CCCC1)N1CCOCC1. The van der Waals surface area contributed by atoms with Gasteiger partial charge in [0.25, 0.3) is 0 Å². The van der Waals surface area contributed by atoms with Gasteiger partial charge in [-0.1, -0.05) is 6.08 Å². The van der Waals surface area contributed by atoms with Crippen molar-refractivity contribution in [2.45, 2.75) is 12.8 Å². The van der Waals surface area contributed by atoms with Gasteiger partial charge in [0.1, 0.15) is 0 Å². The molecule has 17 heavy (non-hydrogen) atoms. The third-order valence-corrected chi connectivity index (χ3v) is 3.11. The molecule has 0 saturated carbocycles. The topological polar surface area (TPSA) is 32.8 Å². The van der Waals surface area contributed by atoms with Crippen molar-refractivity contribution in [1.29, 1.82) is 0 Å². The maximum Gasteiger partial charge on any atom is 0.246 e. The van der Waals surface area contributed by atoms with E-state index in [9.17, 15) is 4.79 Å². The monoisotopic (exact) mass is 236 g/mol. The zero-order valence-corrected chi connectivity index (χ0v) is 10.2. The largest absolute Gasteiger partial charge is 0.378 e. The molecule has 2 aliphatic heterocycles. The first-order valence-electron chi connectivity index (χ1n) is 6.32. The lowest BCUT2D eigenvalue weighted by molar-refractivity contribution is -0.129. The Morgan fingerprint density at radius 3 is 2.41 bits per heavy atom. The molecule has 0 aliphatic carbocycles. The fourth-order valence-electron chi connectivity index (χ4n) is 2.09. The van der Waals surface area contributed by atoms with E-state index in [-0.39, 0.29) is 5.91 Å². The molecule has 4 nitrogen and oxygen atoms in total. The fraction of sp³-hybridized carbons (Fsp3) is 0.615. The normalized spacial score (nSPS) is 21.9. The first kappa shape index (κ1) is 12.2. The molecular weight excluding hydrogens is 216 g/mol. The summed E-state index contributed by atoms with van der Waals surface area (Å²) >= 11 is 0. The van der Waals surface area contributed by atoms with Gasteiger partial charge in [-0.25, -0.2) is 0 Å². The Kier molecular flexibility index (Phi) is 4.62. The van der Waals surface area contributed by atoms with Crippen LogP contribution in [0.15, 0.2) is 24.4 Å². The van der Waals surface area contributed by atoms with Crippen molar-refractivity contribution in [2.24, 2.45) is 0 Å². The maximum atomic E-state index is 11.7. The molecule has 2 aliphatic rings. The third kappa shape index (κ3) is 3.89. The number of hydrogen-bond donors (Lipinski definition) is 0. The van der Waals surface area contributed by atoms with E-state index in [0.717, 1.165) is 13.1 Å². The number of morpholine rings is 1. The molecule has 2 rings (SSSR count). The predicted molar refractivity (Wildman–Crippen MR) is 66.5 cm³/mol. The summed E-state index contributed by atoms with van der Waals surface area (Å²) < 4.78 is 5.20. The van der Waals surface area contributed by atoms with Crippen LogP contribution in [0.1, 0.15) is 12.8 Å². The number of amides is 1. The van der Waals surface area contributed by atoms with Crippen LogP contribution < -0.4 is 0 Å². The van der Waals surface area contributed by atoms with Crippen molar-refractivity contribution in [3.05, 3.63) is 24.4 Å². The molecule has 0 spiro atoms. The van der Waals surface area contributed by atoms with E-state index >= 15 is 0 Å². The van der Waals surface area contributed by atoms with E-state index in [2.05, 4.69) is 11.1 Å². The summed E-state index contributed by atoms with van der Waals surface area (Å²) in [5, 5.41) is 0. The smallest absolute Gasteiger partial charge is 0.246 e. The summed E-state index contributed by atoms with van der Waals surface area (Å²) in [5.74, 6) is 0.0828. The zero-order chi connectivity index (χ0) is 11.9. The van der Waals surface area contributed by atoms with E-state index in [1.807, 2.05) is 17.1 Å². The Morgan fingerprint density at radius 1 is 1.00 bits per heavy atom. The van der Waals surface area contributed by atoms with Gasteiger partial charge in [0, 0.05) is 32.3 Å². The van der Waals surface area contributed by atoms with Crippen molar-refractivity contribution in [3.63, 3.8) is 0 Å². The molecule has 0 radical (unpaired) electrons. The van der Waals surface area contributed by atoms with Gasteiger partial charge in [-0.3, -0.25) is 4.79 Å². The van der Waals surface area contributed by atoms with Gasteiger partial charge in [-0.2, -0.15) is 0 Å². The van der Waals surface area contributed by atoms with Crippen molar-refractivity contribution < 1.29 is 9.53 Å². The number of hydrogen-bond acceptors (Lipinski definition) is 3. The first-order chi connectivity index (χ1) is 8.36. The maximum absolute atomic E-state index is 11.7. The van der Waals surface area contributed by atoms with Gasteiger partial charge in [0.2, 0.25) is 5.91 Å². The molecule has 0 atom stereocenters. The van der Waals surface area contributed by atoms with Crippen LogP contribution >= 0.6 is 0 Å². The van der Waals surface area contributed by atoms with Crippen LogP contribution in [0, 0.1) is 0 Å². The van der Waals surface area contributed by atoms with Crippen LogP contribution in [-0.4, -0.2) is 55.1 Å². The second-order valence-corrected chi connectivity index (χ2v) is 4.38. The van der Waals surface area contributed by atoms with Crippen LogP contribution in [-0.2, 0) is 9.53 Å². The highest BCUT2D eigenvalue weighted by Gasteiger charge is 2.13. The van der Waals surface area contributed by atoms with Gasteiger partial charge in [0.15, 0.2) is 0 Å². The number of carbonyl (C=O) groups excluding carboxylic acids is 1. The number of ether oxygens (including phenoxy) is 1. The van der Waals surface area contributed by atoms with E-state index in [1.54, 1.807) is 6.08 Å². The Balaban J connectivity index is 1.73. The van der Waals surface area contributed by atoms with E-state index < -0.39 is 0 Å². The minimum Gasteiger partial charge on any atom is -0.378 e. The van der Waals surface area contributed by atoms with Crippen LogP contribution in [0.5, 0.6) is 0 Å². The minimum atomic E-state index is 0.0828. The van der Waals surface area contributed by atoms with Crippen LogP contribution in [0.3, 0.4) is 0 Å². The second kappa shape index (κ2) is 6.45. The molecule has 0 aromatic carbocycles. The van der Waals surface area contributed by atoms with Crippen LogP contribution in [0.25, 0.3) is 0 Å². The highest BCUT2D eigenvalue weighted by atomic mass is 16.5. The van der Waals surface area contributed by atoms with Gasteiger partial charge < -0.3 is 14.5 Å². The Morgan fingerprint density at radius 2 is 1.71 bits per heavy atom. The van der Waals surface area contributed by atoms with Crippen LogP contribution in [0.2, 0.25) is 0 Å². The lowest BCUT2D eigenvalue weighted by Gasteiger charge is -2.25. The summed E-state index contributed by atoms with van der Waals surface area (Å²) in [6.45, 7) is 5.01. The summed E-state index contributed by atoms with van der Waals surface area (Å²) in [5.41, 5.74) is 0. The lowest BCUT2D eigenvalue weighted by atomic mass is 10.3. The molecule has 0 aromatic rings. The average molecular weight is 236 g/mol. The fourth-order valence-corrected chi connectivity index (χ4v) is 2.09. The Labute approximate surface area is 103 Å². The van der Waals surface area contributed by atoms with E-state index in [0.29, 0.717) is 26.3 Å². The minimum absolute atomic E-state index is 0.0828. The van der Waals surface area contributed by atoms with Crippen molar-refractivity contribution in [1.82, 2.24) is 9.80 Å². The number of rotatable bonds is 3. The third-order valence-electron chi connectivity index (χ3n) is 3.11. The molecule has 0 N–H and O–H groups in total. The molecule has 0 aromatic heterocycles. The molecule has 0 unspecified atom stereocenters. The Bertz CT molecular complexity index is 301. The molecule has 4 heteroatoms. The number of likely N-dealkylation sites (tertiary alicyclic amines) is 1. The summed E-state index contributed by atoms with van der Waals surface area (Å²) in [7, 11) is 0. The summed E-state index contributed by atoms with van der Waals surface area (Å²) in [6, 6.07) is 0. The van der Waals surface area contributed by atoms with Gasteiger partial charge in [-0.05, 0) is 25.1 Å². The Hall–Kier alpha value is -1.29. The first-order valence-corrected chi connectivity index (χ1v) is 6.32. The predicted octanol–water partition coefficient (Wildman–Crippen LogP) is 1.01. The number of carbonyl (C=O) groups is 1. The molecule has 94 valence electrons. The molecule has 2 fully saturated rings. The highest BCUT2D eigenvalue weighted by Crippen LogP contribution is 2.07. The molecule has 2 saturated heterocycles. The standard InChI is InChI=1S/C13H20N2O2/c16-13(15-9-11-17-12-10-15)5-1-2-6-14-7-3-4-8-14/h1-2,5-6H,3-4,7-12H2/b5-1+,6-2+. The van der Waals surface area contributed by atoms with Crippen molar-refractivity contribution >= 4 is 5.91 Å². The van der Waals surface area contributed by atoms with Gasteiger partial charge >= 0.3 is 0 Å². The molecular formula is C13H20N2O2. The quantitative estimate of drug-likeness (QED) is 0.541. The summed E-state index contributed by atoms with van der Waals surface area (Å²) in [4.78, 5) is 15.8. The summed E-state index contributed by atoms with van der Waals surface area (Å²) in [6.07, 6.45) is 10.0. The van der Waals surface area contributed by atoms with Gasteiger partial charge in [0.05, 0.1) is 13.2 Å². The molecule has 2 heterocycles. The van der Waals surface area contributed by atoms with Gasteiger partial charge in [-0.15, -0.1) is 0 Å². The average Bonchev–Trinajstić information content (AvgIpc) is 2.88. The zero-order valence-electron chi connectivity index (χ0n) is 10.2. The number of nitrogens with zero attached hydrogens (tertiary/aromatic N) is 2. The molecule has 0 bridgehead atoms. The van der Waals surface area contributed by atoms with E-state index in [1.165, 1.54) is 12.8 Å².